The van der Waals surface area contributed by atoms with Crippen LogP contribution in [0.1, 0.15) is 11.1 Å². The summed E-state index contributed by atoms with van der Waals surface area (Å²) in [6, 6.07) is 17.0. The fraction of sp³-hybridized carbons (Fsp3) is 0.211. The minimum Gasteiger partial charge on any atom is -0.348 e. The van der Waals surface area contributed by atoms with Gasteiger partial charge < -0.3 is 10.2 Å². The lowest BCUT2D eigenvalue weighted by Crippen LogP contribution is -2.19. The Hall–Kier alpha value is -2.73. The van der Waals surface area contributed by atoms with Gasteiger partial charge >= 0.3 is 0 Å². The van der Waals surface area contributed by atoms with Crippen molar-refractivity contribution in [2.45, 2.75) is 12.8 Å². The predicted molar refractivity (Wildman–Crippen MR) is 89.1 cm³/mol. The summed E-state index contributed by atoms with van der Waals surface area (Å²) in [4.78, 5) is 12.5. The summed E-state index contributed by atoms with van der Waals surface area (Å²) in [6.45, 7) is 1.01. The van der Waals surface area contributed by atoms with Crippen molar-refractivity contribution in [1.29, 1.82) is 0 Å². The molecular weight excluding hydrogens is 272 g/mol. The molecule has 0 atom stereocenters. The third kappa shape index (κ3) is 2.96. The Kier molecular flexibility index (Phi) is 4.41. The smallest absolute Gasteiger partial charge is 0.207 e. The predicted octanol–water partition coefficient (Wildman–Crippen LogP) is 2.67. The number of anilines is 2. The van der Waals surface area contributed by atoms with Crippen LogP contribution in [0, 0.1) is 11.8 Å². The molecule has 1 aliphatic heterocycles. The van der Waals surface area contributed by atoms with Crippen LogP contribution in [0.5, 0.6) is 0 Å². The van der Waals surface area contributed by atoms with Gasteiger partial charge in [0.15, 0.2) is 0 Å². The molecule has 0 saturated heterocycles. The average Bonchev–Trinajstić information content (AvgIpc) is 2.72. The lowest BCUT2D eigenvalue weighted by Gasteiger charge is -2.24. The highest BCUT2D eigenvalue weighted by atomic mass is 16.1. The lowest BCUT2D eigenvalue weighted by molar-refractivity contribution is -0.109. The van der Waals surface area contributed by atoms with Crippen LogP contribution in [0.3, 0.4) is 0 Å². The highest BCUT2D eigenvalue weighted by Gasteiger charge is 2.18. The molecule has 3 nitrogen and oxygen atoms in total. The van der Waals surface area contributed by atoms with Crippen LogP contribution in [0.15, 0.2) is 48.5 Å². The standard InChI is InChI=1S/C19H18N2O/c22-15-20-13-5-6-14-21-18-9-3-1-7-16(18)11-12-17-8-2-4-10-19(17)21/h1-4,7-10,15H,11-14H2,(H,20,22). The Morgan fingerprint density at radius 1 is 0.955 bits per heavy atom. The van der Waals surface area contributed by atoms with Crippen molar-refractivity contribution in [3.8, 4) is 11.8 Å². The number of carbonyl (C=O) groups is 1. The van der Waals surface area contributed by atoms with Gasteiger partial charge in [-0.15, -0.1) is 0 Å². The van der Waals surface area contributed by atoms with Gasteiger partial charge in [-0.25, -0.2) is 0 Å². The Morgan fingerprint density at radius 2 is 1.55 bits per heavy atom. The van der Waals surface area contributed by atoms with E-state index in [-0.39, 0.29) is 0 Å². The second kappa shape index (κ2) is 6.82. The lowest BCUT2D eigenvalue weighted by atomic mass is 10.0. The second-order valence-electron chi connectivity index (χ2n) is 5.20. The van der Waals surface area contributed by atoms with E-state index in [1.807, 2.05) is 0 Å². The zero-order valence-corrected chi connectivity index (χ0v) is 12.4. The molecule has 1 amide bonds. The number of para-hydroxylation sites is 2. The topological polar surface area (TPSA) is 32.3 Å². The van der Waals surface area contributed by atoms with E-state index in [1.54, 1.807) is 0 Å². The fourth-order valence-corrected chi connectivity index (χ4v) is 2.83. The molecule has 0 saturated carbocycles. The van der Waals surface area contributed by atoms with Crippen molar-refractivity contribution in [3.05, 3.63) is 59.7 Å². The van der Waals surface area contributed by atoms with Gasteiger partial charge in [-0.1, -0.05) is 48.2 Å². The van der Waals surface area contributed by atoms with E-state index in [4.69, 9.17) is 0 Å². The van der Waals surface area contributed by atoms with Crippen LogP contribution in [0.4, 0.5) is 11.4 Å². The number of hydrogen-bond acceptors (Lipinski definition) is 2. The van der Waals surface area contributed by atoms with Gasteiger partial charge in [0.05, 0.1) is 13.1 Å². The summed E-state index contributed by atoms with van der Waals surface area (Å²) in [7, 11) is 0. The number of fused-ring (bicyclic) bond motifs is 2. The zero-order chi connectivity index (χ0) is 15.2. The zero-order valence-electron chi connectivity index (χ0n) is 12.4. The van der Waals surface area contributed by atoms with E-state index in [0.717, 1.165) is 12.8 Å². The maximum Gasteiger partial charge on any atom is 0.207 e. The third-order valence-corrected chi connectivity index (χ3v) is 3.86. The molecule has 110 valence electrons. The van der Waals surface area contributed by atoms with Gasteiger partial charge in [0.25, 0.3) is 0 Å². The molecule has 0 bridgehead atoms. The fourth-order valence-electron chi connectivity index (χ4n) is 2.83. The minimum atomic E-state index is 0.390. The first kappa shape index (κ1) is 14.2. The molecule has 1 aliphatic rings. The highest BCUT2D eigenvalue weighted by molar-refractivity contribution is 5.71. The Morgan fingerprint density at radius 3 is 2.14 bits per heavy atom. The van der Waals surface area contributed by atoms with Gasteiger partial charge in [0.2, 0.25) is 6.41 Å². The van der Waals surface area contributed by atoms with Crippen molar-refractivity contribution in [2.24, 2.45) is 0 Å². The summed E-state index contributed by atoms with van der Waals surface area (Å²) in [5.74, 6) is 6.14. The monoisotopic (exact) mass is 290 g/mol. The molecule has 3 rings (SSSR count). The van der Waals surface area contributed by atoms with E-state index in [2.05, 4.69) is 70.6 Å². The first-order valence-electron chi connectivity index (χ1n) is 7.46. The number of benzene rings is 2. The van der Waals surface area contributed by atoms with Crippen molar-refractivity contribution in [3.63, 3.8) is 0 Å². The second-order valence-corrected chi connectivity index (χ2v) is 5.20. The normalized spacial score (nSPS) is 12.3. The van der Waals surface area contributed by atoms with Crippen LogP contribution in [-0.2, 0) is 17.6 Å². The molecule has 1 N–H and O–H groups in total. The molecule has 3 heteroatoms. The largest absolute Gasteiger partial charge is 0.348 e. The maximum atomic E-state index is 10.3. The van der Waals surface area contributed by atoms with Crippen molar-refractivity contribution >= 4 is 17.8 Å². The molecule has 22 heavy (non-hydrogen) atoms. The summed E-state index contributed by atoms with van der Waals surface area (Å²) in [5.41, 5.74) is 5.16. The molecule has 0 spiro atoms. The molecule has 2 aromatic carbocycles. The number of rotatable bonds is 3. The van der Waals surface area contributed by atoms with Gasteiger partial charge in [0, 0.05) is 11.4 Å². The van der Waals surface area contributed by atoms with Crippen molar-refractivity contribution in [2.75, 3.05) is 18.0 Å². The molecular formula is C19H18N2O. The van der Waals surface area contributed by atoms with Gasteiger partial charge in [-0.3, -0.25) is 4.79 Å². The summed E-state index contributed by atoms with van der Waals surface area (Å²) in [5, 5.41) is 2.56. The van der Waals surface area contributed by atoms with Crippen LogP contribution in [0.25, 0.3) is 0 Å². The number of carbonyl (C=O) groups excluding carboxylic acids is 1. The van der Waals surface area contributed by atoms with Gasteiger partial charge in [-0.05, 0) is 36.1 Å². The number of nitrogens with zero attached hydrogens (tertiary/aromatic N) is 1. The maximum absolute atomic E-state index is 10.3. The van der Waals surface area contributed by atoms with E-state index < -0.39 is 0 Å². The Bertz CT molecular complexity index is 680. The summed E-state index contributed by atoms with van der Waals surface area (Å²) in [6.07, 6.45) is 2.76. The molecule has 0 aromatic heterocycles. The van der Waals surface area contributed by atoms with Crippen LogP contribution < -0.4 is 10.2 Å². The number of nitrogens with one attached hydrogen (secondary N) is 1. The van der Waals surface area contributed by atoms with Crippen molar-refractivity contribution < 1.29 is 4.79 Å². The van der Waals surface area contributed by atoms with Crippen LogP contribution in [0.2, 0.25) is 0 Å². The summed E-state index contributed by atoms with van der Waals surface area (Å²) >= 11 is 0. The summed E-state index contributed by atoms with van der Waals surface area (Å²) < 4.78 is 0. The average molecular weight is 290 g/mol. The Balaban J connectivity index is 1.94. The quantitative estimate of drug-likeness (QED) is 0.535. The molecule has 2 aromatic rings. The Labute approximate surface area is 131 Å². The number of hydrogen-bond donors (Lipinski definition) is 1. The first-order valence-corrected chi connectivity index (χ1v) is 7.46. The molecule has 1 heterocycles. The molecule has 0 fully saturated rings. The third-order valence-electron chi connectivity index (χ3n) is 3.86. The van der Waals surface area contributed by atoms with Gasteiger partial charge in [-0.2, -0.15) is 0 Å². The number of amides is 1. The highest BCUT2D eigenvalue weighted by Crippen LogP contribution is 2.35. The molecule has 0 radical (unpaired) electrons. The van der Waals surface area contributed by atoms with E-state index in [9.17, 15) is 4.79 Å². The molecule has 0 unspecified atom stereocenters. The van der Waals surface area contributed by atoms with Crippen LogP contribution in [-0.4, -0.2) is 19.5 Å². The van der Waals surface area contributed by atoms with E-state index in [1.165, 1.54) is 22.5 Å². The van der Waals surface area contributed by atoms with E-state index >= 15 is 0 Å². The van der Waals surface area contributed by atoms with Crippen molar-refractivity contribution in [1.82, 2.24) is 5.32 Å². The van der Waals surface area contributed by atoms with E-state index in [0.29, 0.717) is 19.5 Å². The number of aryl methyl sites for hydroxylation is 2. The van der Waals surface area contributed by atoms with Gasteiger partial charge in [0.1, 0.15) is 0 Å². The minimum absolute atomic E-state index is 0.390. The van der Waals surface area contributed by atoms with Crippen LogP contribution >= 0.6 is 0 Å². The molecule has 0 aliphatic carbocycles. The first-order chi connectivity index (χ1) is 10.9. The SMILES string of the molecule is O=CNCC#CCN1c2ccccc2CCc2ccccc21.